The maximum atomic E-state index is 12.7. The fourth-order valence-electron chi connectivity index (χ4n) is 4.22. The number of nitrogens with two attached hydrogens (primary N) is 1. The topological polar surface area (TPSA) is 98.9 Å². The first-order valence-corrected chi connectivity index (χ1v) is 11.7. The second-order valence-corrected chi connectivity index (χ2v) is 9.44. The Hall–Kier alpha value is -2.58. The van der Waals surface area contributed by atoms with E-state index >= 15 is 0 Å². The minimum absolute atomic E-state index is 0.00238. The SMILES string of the molecule is COc1ccc([C@H]2CC(=O)N(c3ccc(S(N)(=O)=O)cc3)C2)cc1OC1CCCC1. The summed E-state index contributed by atoms with van der Waals surface area (Å²) < 4.78 is 34.6. The van der Waals surface area contributed by atoms with Crippen LogP contribution in [0.2, 0.25) is 0 Å². The van der Waals surface area contributed by atoms with Crippen molar-refractivity contribution in [3.05, 3.63) is 48.0 Å². The van der Waals surface area contributed by atoms with Gasteiger partial charge in [0.05, 0.1) is 18.1 Å². The van der Waals surface area contributed by atoms with Crippen LogP contribution in [0, 0.1) is 0 Å². The number of hydrogen-bond acceptors (Lipinski definition) is 5. The van der Waals surface area contributed by atoms with Gasteiger partial charge in [-0.25, -0.2) is 13.6 Å². The fraction of sp³-hybridized carbons (Fsp3) is 0.409. The highest BCUT2D eigenvalue weighted by atomic mass is 32.2. The Bertz CT molecular complexity index is 1030. The lowest BCUT2D eigenvalue weighted by atomic mass is 9.98. The van der Waals surface area contributed by atoms with Gasteiger partial charge in [0, 0.05) is 24.6 Å². The normalized spacial score (nSPS) is 20.0. The van der Waals surface area contributed by atoms with Gasteiger partial charge in [-0.15, -0.1) is 0 Å². The third-order valence-electron chi connectivity index (χ3n) is 5.86. The molecule has 7 nitrogen and oxygen atoms in total. The molecule has 0 aromatic heterocycles. The maximum Gasteiger partial charge on any atom is 0.238 e. The summed E-state index contributed by atoms with van der Waals surface area (Å²) in [6, 6.07) is 11.9. The van der Waals surface area contributed by atoms with Gasteiger partial charge in [-0.1, -0.05) is 6.07 Å². The Morgan fingerprint density at radius 2 is 1.73 bits per heavy atom. The summed E-state index contributed by atoms with van der Waals surface area (Å²) in [4.78, 5) is 14.4. The molecule has 1 heterocycles. The number of carbonyl (C=O) groups is 1. The van der Waals surface area contributed by atoms with Gasteiger partial charge >= 0.3 is 0 Å². The van der Waals surface area contributed by atoms with Crippen LogP contribution in [0.3, 0.4) is 0 Å². The quantitative estimate of drug-likeness (QED) is 0.759. The predicted molar refractivity (Wildman–Crippen MR) is 113 cm³/mol. The lowest BCUT2D eigenvalue weighted by Gasteiger charge is -2.19. The number of ether oxygens (including phenoxy) is 2. The molecular weight excluding hydrogens is 404 g/mol. The van der Waals surface area contributed by atoms with Crippen LogP contribution in [0.25, 0.3) is 0 Å². The average molecular weight is 431 g/mol. The number of sulfonamides is 1. The van der Waals surface area contributed by atoms with E-state index < -0.39 is 10.0 Å². The first-order valence-electron chi connectivity index (χ1n) is 10.1. The van der Waals surface area contributed by atoms with E-state index in [1.807, 2.05) is 18.2 Å². The predicted octanol–water partition coefficient (Wildman–Crippen LogP) is 3.18. The van der Waals surface area contributed by atoms with Crippen LogP contribution in [0.15, 0.2) is 47.4 Å². The Morgan fingerprint density at radius 3 is 2.37 bits per heavy atom. The summed E-state index contributed by atoms with van der Waals surface area (Å²) in [5.41, 5.74) is 1.69. The molecule has 2 fully saturated rings. The van der Waals surface area contributed by atoms with E-state index in [1.54, 1.807) is 24.1 Å². The number of nitrogens with zero attached hydrogens (tertiary/aromatic N) is 1. The van der Waals surface area contributed by atoms with E-state index in [9.17, 15) is 13.2 Å². The molecule has 4 rings (SSSR count). The van der Waals surface area contributed by atoms with Gasteiger partial charge < -0.3 is 14.4 Å². The molecule has 1 aliphatic heterocycles. The fourth-order valence-corrected chi connectivity index (χ4v) is 4.74. The summed E-state index contributed by atoms with van der Waals surface area (Å²) in [6.45, 7) is 0.517. The summed E-state index contributed by atoms with van der Waals surface area (Å²) >= 11 is 0. The van der Waals surface area contributed by atoms with Crippen molar-refractivity contribution in [2.45, 2.75) is 49.0 Å². The number of carbonyl (C=O) groups excluding carboxylic acids is 1. The molecule has 2 N–H and O–H groups in total. The molecule has 0 unspecified atom stereocenters. The van der Waals surface area contributed by atoms with Gasteiger partial charge in [0.25, 0.3) is 0 Å². The van der Waals surface area contributed by atoms with Crippen LogP contribution in [0.4, 0.5) is 5.69 Å². The molecule has 0 spiro atoms. The van der Waals surface area contributed by atoms with E-state index in [0.717, 1.165) is 24.2 Å². The molecule has 2 aromatic carbocycles. The number of amides is 1. The Balaban J connectivity index is 1.53. The monoisotopic (exact) mass is 430 g/mol. The molecule has 1 saturated heterocycles. The van der Waals surface area contributed by atoms with Crippen molar-refractivity contribution in [2.24, 2.45) is 5.14 Å². The van der Waals surface area contributed by atoms with Gasteiger partial charge in [-0.2, -0.15) is 0 Å². The van der Waals surface area contributed by atoms with Crippen LogP contribution in [-0.2, 0) is 14.8 Å². The van der Waals surface area contributed by atoms with Crippen LogP contribution in [-0.4, -0.2) is 34.1 Å². The van der Waals surface area contributed by atoms with Crippen molar-refractivity contribution in [1.29, 1.82) is 0 Å². The van der Waals surface area contributed by atoms with Crippen LogP contribution in [0.5, 0.6) is 11.5 Å². The first kappa shape index (κ1) is 20.7. The number of hydrogen-bond donors (Lipinski definition) is 1. The molecule has 2 aliphatic rings. The summed E-state index contributed by atoms with van der Waals surface area (Å²) in [7, 11) is -2.13. The number of rotatable bonds is 6. The molecule has 30 heavy (non-hydrogen) atoms. The van der Waals surface area contributed by atoms with E-state index in [4.69, 9.17) is 14.6 Å². The molecular formula is C22H26N2O5S. The Morgan fingerprint density at radius 1 is 1.03 bits per heavy atom. The minimum Gasteiger partial charge on any atom is -0.493 e. The van der Waals surface area contributed by atoms with Gasteiger partial charge in [0.2, 0.25) is 15.9 Å². The number of methoxy groups -OCH3 is 1. The van der Waals surface area contributed by atoms with Crippen molar-refractivity contribution >= 4 is 21.6 Å². The Kier molecular flexibility index (Phi) is 5.71. The van der Waals surface area contributed by atoms with Gasteiger partial charge in [0.15, 0.2) is 11.5 Å². The van der Waals surface area contributed by atoms with Crippen molar-refractivity contribution in [3.63, 3.8) is 0 Å². The minimum atomic E-state index is -3.76. The zero-order valence-electron chi connectivity index (χ0n) is 16.9. The average Bonchev–Trinajstić information content (AvgIpc) is 3.37. The Labute approximate surface area is 176 Å². The molecule has 1 saturated carbocycles. The molecule has 0 radical (unpaired) electrons. The highest BCUT2D eigenvalue weighted by molar-refractivity contribution is 7.89. The zero-order chi connectivity index (χ0) is 21.3. The van der Waals surface area contributed by atoms with Gasteiger partial charge in [0.1, 0.15) is 0 Å². The van der Waals surface area contributed by atoms with Gasteiger partial charge in [-0.3, -0.25) is 4.79 Å². The largest absolute Gasteiger partial charge is 0.493 e. The molecule has 1 atom stereocenters. The highest BCUT2D eigenvalue weighted by Crippen LogP contribution is 2.38. The lowest BCUT2D eigenvalue weighted by Crippen LogP contribution is -2.24. The van der Waals surface area contributed by atoms with Crippen molar-refractivity contribution in [2.75, 3.05) is 18.6 Å². The molecule has 1 amide bonds. The van der Waals surface area contributed by atoms with Crippen LogP contribution in [0.1, 0.15) is 43.6 Å². The molecule has 160 valence electrons. The summed E-state index contributed by atoms with van der Waals surface area (Å²) in [5, 5.41) is 5.15. The van der Waals surface area contributed by atoms with Crippen molar-refractivity contribution in [1.82, 2.24) is 0 Å². The third-order valence-corrected chi connectivity index (χ3v) is 6.79. The number of anilines is 1. The van der Waals surface area contributed by atoms with Crippen molar-refractivity contribution < 1.29 is 22.7 Å². The molecule has 0 bridgehead atoms. The molecule has 8 heteroatoms. The van der Waals surface area contributed by atoms with E-state index in [1.165, 1.54) is 25.0 Å². The standard InChI is InChI=1S/C22H26N2O5S/c1-28-20-11-6-15(12-21(20)29-18-4-2-3-5-18)16-13-22(25)24(14-16)17-7-9-19(10-8-17)30(23,26)27/h6-12,16,18H,2-5,13-14H2,1H3,(H2,23,26,27)/t16-/m0/s1. The number of benzene rings is 2. The summed E-state index contributed by atoms with van der Waals surface area (Å²) in [6.07, 6.45) is 5.07. The van der Waals surface area contributed by atoms with E-state index in [0.29, 0.717) is 24.4 Å². The molecule has 1 aliphatic carbocycles. The zero-order valence-corrected chi connectivity index (χ0v) is 17.7. The van der Waals surface area contributed by atoms with E-state index in [2.05, 4.69) is 0 Å². The second-order valence-electron chi connectivity index (χ2n) is 7.88. The number of primary sulfonamides is 1. The lowest BCUT2D eigenvalue weighted by molar-refractivity contribution is -0.117. The molecule has 2 aromatic rings. The van der Waals surface area contributed by atoms with Crippen LogP contribution < -0.4 is 19.5 Å². The maximum absolute atomic E-state index is 12.7. The van der Waals surface area contributed by atoms with Crippen LogP contribution >= 0.6 is 0 Å². The summed E-state index contributed by atoms with van der Waals surface area (Å²) in [5.74, 6) is 1.44. The highest BCUT2D eigenvalue weighted by Gasteiger charge is 2.32. The van der Waals surface area contributed by atoms with Crippen molar-refractivity contribution in [3.8, 4) is 11.5 Å². The third kappa shape index (κ3) is 4.29. The van der Waals surface area contributed by atoms with Gasteiger partial charge in [-0.05, 0) is 67.6 Å². The van der Waals surface area contributed by atoms with E-state index in [-0.39, 0.29) is 22.8 Å². The first-order chi connectivity index (χ1) is 14.3. The second kappa shape index (κ2) is 8.28. The smallest absolute Gasteiger partial charge is 0.238 e.